The average molecular weight is 385 g/mol. The number of anilines is 1. The number of nitrogens with one attached hydrogen (secondary N) is 1. The SMILES string of the molecule is CC(Nc1ccn2nccc2n1)c1cc(F)ccc1OCCN1CCOCC1. The van der Waals surface area contributed by atoms with Crippen molar-refractivity contribution in [3.63, 3.8) is 0 Å². The molecule has 3 heterocycles. The minimum atomic E-state index is -0.289. The summed E-state index contributed by atoms with van der Waals surface area (Å²) < 4.78 is 26.9. The van der Waals surface area contributed by atoms with Crippen LogP contribution in [0.4, 0.5) is 10.2 Å². The molecule has 28 heavy (non-hydrogen) atoms. The van der Waals surface area contributed by atoms with Gasteiger partial charge in [0.25, 0.3) is 0 Å². The Balaban J connectivity index is 1.43. The predicted octanol–water partition coefficient (Wildman–Crippen LogP) is 2.75. The predicted molar refractivity (Wildman–Crippen MR) is 104 cm³/mol. The van der Waals surface area contributed by atoms with Crippen molar-refractivity contribution in [1.29, 1.82) is 0 Å². The Morgan fingerprint density at radius 2 is 2.11 bits per heavy atom. The molecule has 1 N–H and O–H groups in total. The lowest BCUT2D eigenvalue weighted by Gasteiger charge is -2.26. The summed E-state index contributed by atoms with van der Waals surface area (Å²) in [4.78, 5) is 6.82. The van der Waals surface area contributed by atoms with Crippen molar-refractivity contribution in [2.45, 2.75) is 13.0 Å². The summed E-state index contributed by atoms with van der Waals surface area (Å²) in [6, 6.07) is 8.13. The fourth-order valence-corrected chi connectivity index (χ4v) is 3.29. The first-order valence-corrected chi connectivity index (χ1v) is 9.48. The van der Waals surface area contributed by atoms with Gasteiger partial charge in [0.15, 0.2) is 5.65 Å². The van der Waals surface area contributed by atoms with Crippen molar-refractivity contribution in [3.05, 3.63) is 54.1 Å². The number of nitrogens with zero attached hydrogens (tertiary/aromatic N) is 4. The first-order valence-electron chi connectivity index (χ1n) is 9.48. The topological polar surface area (TPSA) is 63.9 Å². The molecule has 4 rings (SSSR count). The van der Waals surface area contributed by atoms with Crippen molar-refractivity contribution in [2.24, 2.45) is 0 Å². The van der Waals surface area contributed by atoms with Crippen LogP contribution in [0.5, 0.6) is 5.75 Å². The molecule has 2 aromatic heterocycles. The van der Waals surface area contributed by atoms with E-state index in [4.69, 9.17) is 9.47 Å². The van der Waals surface area contributed by atoms with Crippen molar-refractivity contribution in [3.8, 4) is 5.75 Å². The first-order chi connectivity index (χ1) is 13.7. The van der Waals surface area contributed by atoms with Gasteiger partial charge in [0.2, 0.25) is 0 Å². The van der Waals surface area contributed by atoms with E-state index in [9.17, 15) is 4.39 Å². The van der Waals surface area contributed by atoms with Crippen LogP contribution in [0.25, 0.3) is 5.65 Å². The molecule has 1 fully saturated rings. The summed E-state index contributed by atoms with van der Waals surface area (Å²) in [5, 5.41) is 7.46. The fourth-order valence-electron chi connectivity index (χ4n) is 3.29. The first kappa shape index (κ1) is 18.6. The standard InChI is InChI=1S/C20H24FN5O2/c1-15(23-19-5-7-26-20(24-19)4-6-22-26)17-14-16(21)2-3-18(17)28-13-10-25-8-11-27-12-9-25/h2-7,14-15H,8-13H2,1H3,(H,23,24). The molecular weight excluding hydrogens is 361 g/mol. The molecule has 1 aliphatic rings. The molecule has 0 amide bonds. The van der Waals surface area contributed by atoms with Crippen LogP contribution >= 0.6 is 0 Å². The second-order valence-corrected chi connectivity index (χ2v) is 6.80. The molecule has 0 radical (unpaired) electrons. The van der Waals surface area contributed by atoms with Crippen LogP contribution in [0.15, 0.2) is 42.7 Å². The van der Waals surface area contributed by atoms with E-state index >= 15 is 0 Å². The molecule has 0 spiro atoms. The van der Waals surface area contributed by atoms with Crippen LogP contribution in [0.1, 0.15) is 18.5 Å². The lowest BCUT2D eigenvalue weighted by atomic mass is 10.1. The van der Waals surface area contributed by atoms with E-state index in [0.29, 0.717) is 18.2 Å². The van der Waals surface area contributed by atoms with Crippen LogP contribution < -0.4 is 10.1 Å². The number of hydrogen-bond acceptors (Lipinski definition) is 6. The van der Waals surface area contributed by atoms with Gasteiger partial charge in [0, 0.05) is 37.5 Å². The van der Waals surface area contributed by atoms with Gasteiger partial charge in [-0.1, -0.05) is 0 Å². The van der Waals surface area contributed by atoms with Gasteiger partial charge in [0.05, 0.1) is 25.5 Å². The number of hydrogen-bond donors (Lipinski definition) is 1. The molecule has 0 aliphatic carbocycles. The Bertz CT molecular complexity index is 926. The number of ether oxygens (including phenoxy) is 2. The highest BCUT2D eigenvalue weighted by atomic mass is 19.1. The van der Waals surface area contributed by atoms with Gasteiger partial charge in [-0.3, -0.25) is 4.90 Å². The molecule has 1 aromatic carbocycles. The maximum absolute atomic E-state index is 13.9. The molecule has 1 unspecified atom stereocenters. The highest BCUT2D eigenvalue weighted by Crippen LogP contribution is 2.28. The van der Waals surface area contributed by atoms with E-state index in [1.807, 2.05) is 25.3 Å². The van der Waals surface area contributed by atoms with Crippen molar-refractivity contribution in [1.82, 2.24) is 19.5 Å². The third-order valence-corrected chi connectivity index (χ3v) is 4.83. The summed E-state index contributed by atoms with van der Waals surface area (Å²) in [6.07, 6.45) is 3.53. The summed E-state index contributed by atoms with van der Waals surface area (Å²) in [7, 11) is 0. The van der Waals surface area contributed by atoms with E-state index < -0.39 is 0 Å². The molecule has 0 saturated carbocycles. The molecule has 7 nitrogen and oxygen atoms in total. The Morgan fingerprint density at radius 1 is 1.25 bits per heavy atom. The lowest BCUT2D eigenvalue weighted by Crippen LogP contribution is -2.38. The molecule has 1 aliphatic heterocycles. The van der Waals surface area contributed by atoms with Gasteiger partial charge in [-0.15, -0.1) is 0 Å². The number of fused-ring (bicyclic) bond motifs is 1. The third-order valence-electron chi connectivity index (χ3n) is 4.83. The van der Waals surface area contributed by atoms with Crippen molar-refractivity contribution in [2.75, 3.05) is 44.8 Å². The highest BCUT2D eigenvalue weighted by Gasteiger charge is 2.15. The van der Waals surface area contributed by atoms with Gasteiger partial charge in [-0.25, -0.2) is 13.9 Å². The Hall–Kier alpha value is -2.71. The van der Waals surface area contributed by atoms with Crippen LogP contribution in [0.3, 0.4) is 0 Å². The van der Waals surface area contributed by atoms with Crippen LogP contribution in [-0.2, 0) is 4.74 Å². The fraction of sp³-hybridized carbons (Fsp3) is 0.400. The van der Waals surface area contributed by atoms with Gasteiger partial charge >= 0.3 is 0 Å². The zero-order valence-corrected chi connectivity index (χ0v) is 15.8. The summed E-state index contributed by atoms with van der Waals surface area (Å²) in [5.74, 6) is 1.09. The summed E-state index contributed by atoms with van der Waals surface area (Å²) >= 11 is 0. The van der Waals surface area contributed by atoms with Crippen LogP contribution in [0, 0.1) is 5.82 Å². The van der Waals surface area contributed by atoms with E-state index in [-0.39, 0.29) is 11.9 Å². The molecule has 1 saturated heterocycles. The Morgan fingerprint density at radius 3 is 2.96 bits per heavy atom. The van der Waals surface area contributed by atoms with E-state index in [1.54, 1.807) is 16.8 Å². The maximum Gasteiger partial charge on any atom is 0.157 e. The van der Waals surface area contributed by atoms with E-state index in [2.05, 4.69) is 20.3 Å². The second kappa shape index (κ2) is 8.53. The van der Waals surface area contributed by atoms with Gasteiger partial charge in [-0.05, 0) is 31.2 Å². The van der Waals surface area contributed by atoms with Crippen LogP contribution in [0.2, 0.25) is 0 Å². The monoisotopic (exact) mass is 385 g/mol. The molecule has 8 heteroatoms. The number of aromatic nitrogens is 3. The maximum atomic E-state index is 13.9. The average Bonchev–Trinajstić information content (AvgIpc) is 3.17. The number of benzene rings is 1. The largest absolute Gasteiger partial charge is 0.492 e. The normalized spacial score (nSPS) is 16.2. The van der Waals surface area contributed by atoms with Crippen LogP contribution in [-0.4, -0.2) is 59.0 Å². The second-order valence-electron chi connectivity index (χ2n) is 6.80. The van der Waals surface area contributed by atoms with Gasteiger partial charge in [0.1, 0.15) is 24.0 Å². The smallest absolute Gasteiger partial charge is 0.157 e. The van der Waals surface area contributed by atoms with E-state index in [0.717, 1.165) is 44.1 Å². The number of halogens is 1. The van der Waals surface area contributed by atoms with Gasteiger partial charge in [-0.2, -0.15) is 5.10 Å². The zero-order chi connectivity index (χ0) is 19.3. The number of rotatable bonds is 7. The van der Waals surface area contributed by atoms with Crippen molar-refractivity contribution < 1.29 is 13.9 Å². The Kier molecular flexibility index (Phi) is 5.68. The van der Waals surface area contributed by atoms with E-state index in [1.165, 1.54) is 12.1 Å². The lowest BCUT2D eigenvalue weighted by molar-refractivity contribution is 0.0322. The molecule has 148 valence electrons. The summed E-state index contributed by atoms with van der Waals surface area (Å²) in [6.45, 7) is 6.69. The quantitative estimate of drug-likeness (QED) is 0.675. The number of morpholine rings is 1. The Labute approximate surface area is 163 Å². The van der Waals surface area contributed by atoms with Crippen molar-refractivity contribution >= 4 is 11.5 Å². The zero-order valence-electron chi connectivity index (χ0n) is 15.8. The van der Waals surface area contributed by atoms with Gasteiger partial charge < -0.3 is 14.8 Å². The minimum absolute atomic E-state index is 0.174. The highest BCUT2D eigenvalue weighted by molar-refractivity contribution is 5.48. The minimum Gasteiger partial charge on any atom is -0.492 e. The third kappa shape index (κ3) is 4.40. The summed E-state index contributed by atoms with van der Waals surface area (Å²) in [5.41, 5.74) is 1.51. The molecule has 0 bridgehead atoms. The molecule has 3 aromatic rings. The molecule has 1 atom stereocenters. The molecular formula is C20H24FN5O2.